The van der Waals surface area contributed by atoms with Gasteiger partial charge in [0.25, 0.3) is 0 Å². The van der Waals surface area contributed by atoms with Crippen LogP contribution in [0.25, 0.3) is 0 Å². The summed E-state index contributed by atoms with van der Waals surface area (Å²) in [6.45, 7) is 3.83. The second-order valence-electron chi connectivity index (χ2n) is 5.02. The summed E-state index contributed by atoms with van der Waals surface area (Å²) in [7, 11) is -3.75. The second-order valence-corrected chi connectivity index (χ2v) is 6.91. The lowest BCUT2D eigenvalue weighted by Crippen LogP contribution is -2.38. The minimum atomic E-state index is -3.75. The maximum Gasteiger partial charge on any atom is 0.243 e. The predicted molar refractivity (Wildman–Crippen MR) is 77.2 cm³/mol. The van der Waals surface area contributed by atoms with Gasteiger partial charge in [-0.15, -0.1) is 6.58 Å². The number of halogens is 1. The van der Waals surface area contributed by atoms with Crippen LogP contribution in [0.15, 0.2) is 35.7 Å². The van der Waals surface area contributed by atoms with Gasteiger partial charge in [0.1, 0.15) is 5.82 Å². The maximum atomic E-state index is 13.4. The standard InChI is InChI=1S/C14H19FN2O2S/c1-2-7-17(13-5-3-4-6-13)20(18,19)14-9-11(15)8-12(16)10-14/h2,8-10,13H,1,3-7,16H2. The third-order valence-corrected chi connectivity index (χ3v) is 5.44. The summed E-state index contributed by atoms with van der Waals surface area (Å²) in [4.78, 5) is -0.0937. The molecular formula is C14H19FN2O2S. The number of benzene rings is 1. The van der Waals surface area contributed by atoms with Crippen LogP contribution < -0.4 is 5.73 Å². The Kier molecular flexibility index (Phi) is 4.45. The number of anilines is 1. The van der Waals surface area contributed by atoms with E-state index >= 15 is 0 Å². The highest BCUT2D eigenvalue weighted by Gasteiger charge is 2.32. The molecule has 1 aliphatic carbocycles. The fraction of sp³-hybridized carbons (Fsp3) is 0.429. The molecule has 0 unspecified atom stereocenters. The Hall–Kier alpha value is -1.40. The smallest absolute Gasteiger partial charge is 0.243 e. The van der Waals surface area contributed by atoms with Gasteiger partial charge >= 0.3 is 0 Å². The van der Waals surface area contributed by atoms with Gasteiger partial charge in [-0.05, 0) is 31.0 Å². The minimum Gasteiger partial charge on any atom is -0.399 e. The Morgan fingerprint density at radius 2 is 2.00 bits per heavy atom. The molecule has 0 saturated heterocycles. The van der Waals surface area contributed by atoms with Crippen LogP contribution in [-0.4, -0.2) is 25.3 Å². The first-order valence-electron chi connectivity index (χ1n) is 6.64. The summed E-state index contributed by atoms with van der Waals surface area (Å²) < 4.78 is 40.1. The Labute approximate surface area is 119 Å². The van der Waals surface area contributed by atoms with E-state index in [1.165, 1.54) is 10.4 Å². The maximum absolute atomic E-state index is 13.4. The van der Waals surface area contributed by atoms with Gasteiger partial charge in [0.05, 0.1) is 4.90 Å². The summed E-state index contributed by atoms with van der Waals surface area (Å²) >= 11 is 0. The molecule has 2 rings (SSSR count). The number of nitrogen functional groups attached to an aromatic ring is 1. The summed E-state index contributed by atoms with van der Waals surface area (Å²) in [5.41, 5.74) is 5.65. The van der Waals surface area contributed by atoms with Crippen LogP contribution in [0.5, 0.6) is 0 Å². The molecule has 4 nitrogen and oxygen atoms in total. The molecule has 0 heterocycles. The zero-order valence-electron chi connectivity index (χ0n) is 11.3. The van der Waals surface area contributed by atoms with Crippen molar-refractivity contribution in [2.24, 2.45) is 0 Å². The number of hydrogen-bond acceptors (Lipinski definition) is 3. The monoisotopic (exact) mass is 298 g/mol. The van der Waals surface area contributed by atoms with Gasteiger partial charge in [-0.2, -0.15) is 4.31 Å². The van der Waals surface area contributed by atoms with Crippen molar-refractivity contribution in [3.8, 4) is 0 Å². The lowest BCUT2D eigenvalue weighted by molar-refractivity contribution is 0.347. The van der Waals surface area contributed by atoms with Crippen LogP contribution in [0.1, 0.15) is 25.7 Å². The molecule has 0 spiro atoms. The van der Waals surface area contributed by atoms with Crippen molar-refractivity contribution in [1.29, 1.82) is 0 Å². The highest BCUT2D eigenvalue weighted by molar-refractivity contribution is 7.89. The average molecular weight is 298 g/mol. The molecule has 1 fully saturated rings. The first kappa shape index (κ1) is 15.0. The van der Waals surface area contributed by atoms with Crippen molar-refractivity contribution >= 4 is 15.7 Å². The van der Waals surface area contributed by atoms with Crippen LogP contribution in [0.2, 0.25) is 0 Å². The normalized spacial score (nSPS) is 16.7. The third-order valence-electron chi connectivity index (χ3n) is 3.54. The van der Waals surface area contributed by atoms with Gasteiger partial charge in [-0.25, -0.2) is 12.8 Å². The van der Waals surface area contributed by atoms with Crippen LogP contribution in [0.3, 0.4) is 0 Å². The van der Waals surface area contributed by atoms with Gasteiger partial charge in [0.2, 0.25) is 10.0 Å². The number of nitrogens with zero attached hydrogens (tertiary/aromatic N) is 1. The molecule has 0 aromatic heterocycles. The lowest BCUT2D eigenvalue weighted by Gasteiger charge is -2.27. The van der Waals surface area contributed by atoms with E-state index in [0.29, 0.717) is 0 Å². The molecule has 1 aromatic rings. The van der Waals surface area contributed by atoms with E-state index < -0.39 is 15.8 Å². The number of rotatable bonds is 5. The van der Waals surface area contributed by atoms with Crippen LogP contribution in [0.4, 0.5) is 10.1 Å². The van der Waals surface area contributed by atoms with Crippen molar-refractivity contribution < 1.29 is 12.8 Å². The first-order chi connectivity index (χ1) is 9.45. The van der Waals surface area contributed by atoms with Crippen molar-refractivity contribution in [3.05, 3.63) is 36.7 Å². The third kappa shape index (κ3) is 3.02. The summed E-state index contributed by atoms with van der Waals surface area (Å²) in [6.07, 6.45) is 5.24. The largest absolute Gasteiger partial charge is 0.399 e. The minimum absolute atomic E-state index is 0.0394. The fourth-order valence-electron chi connectivity index (χ4n) is 2.63. The van der Waals surface area contributed by atoms with E-state index in [1.807, 2.05) is 0 Å². The Balaban J connectivity index is 2.41. The van der Waals surface area contributed by atoms with Gasteiger partial charge in [0, 0.05) is 18.3 Å². The molecule has 0 bridgehead atoms. The molecule has 1 aliphatic rings. The van der Waals surface area contributed by atoms with Crippen molar-refractivity contribution in [1.82, 2.24) is 4.31 Å². The molecule has 20 heavy (non-hydrogen) atoms. The molecule has 0 aliphatic heterocycles. The average Bonchev–Trinajstić information content (AvgIpc) is 2.88. The van der Waals surface area contributed by atoms with Crippen molar-refractivity contribution in [2.45, 2.75) is 36.6 Å². The first-order valence-corrected chi connectivity index (χ1v) is 8.08. The van der Waals surface area contributed by atoms with Gasteiger partial charge < -0.3 is 5.73 Å². The number of nitrogens with two attached hydrogens (primary N) is 1. The number of hydrogen-bond donors (Lipinski definition) is 1. The topological polar surface area (TPSA) is 63.4 Å². The van der Waals surface area contributed by atoms with Crippen LogP contribution in [0, 0.1) is 5.82 Å². The van der Waals surface area contributed by atoms with E-state index in [2.05, 4.69) is 6.58 Å². The number of sulfonamides is 1. The van der Waals surface area contributed by atoms with Crippen LogP contribution in [-0.2, 0) is 10.0 Å². The van der Waals surface area contributed by atoms with E-state index in [9.17, 15) is 12.8 Å². The highest BCUT2D eigenvalue weighted by Crippen LogP contribution is 2.29. The Morgan fingerprint density at radius 3 is 2.55 bits per heavy atom. The van der Waals surface area contributed by atoms with Gasteiger partial charge in [-0.1, -0.05) is 18.9 Å². The Morgan fingerprint density at radius 1 is 1.35 bits per heavy atom. The predicted octanol–water partition coefficient (Wildman–Crippen LogP) is 2.53. The lowest BCUT2D eigenvalue weighted by atomic mass is 10.2. The molecule has 110 valence electrons. The zero-order valence-corrected chi connectivity index (χ0v) is 12.1. The highest BCUT2D eigenvalue weighted by atomic mass is 32.2. The van der Waals surface area contributed by atoms with Crippen molar-refractivity contribution in [2.75, 3.05) is 12.3 Å². The summed E-state index contributed by atoms with van der Waals surface area (Å²) in [5, 5.41) is 0. The van der Waals surface area contributed by atoms with E-state index in [1.54, 1.807) is 6.08 Å². The molecule has 2 N–H and O–H groups in total. The zero-order chi connectivity index (χ0) is 14.8. The van der Waals surface area contributed by atoms with Crippen molar-refractivity contribution in [3.63, 3.8) is 0 Å². The summed E-state index contributed by atoms with van der Waals surface area (Å²) in [6, 6.07) is 3.37. The van der Waals surface area contributed by atoms with Gasteiger partial charge in [0.15, 0.2) is 0 Å². The molecule has 6 heteroatoms. The second kappa shape index (κ2) is 5.93. The fourth-order valence-corrected chi connectivity index (χ4v) is 4.35. The molecule has 0 amide bonds. The SMILES string of the molecule is C=CCN(C1CCCC1)S(=O)(=O)c1cc(N)cc(F)c1. The van der Waals surface area contributed by atoms with Crippen LogP contribution >= 0.6 is 0 Å². The molecule has 0 radical (unpaired) electrons. The molecule has 1 aromatic carbocycles. The summed E-state index contributed by atoms with van der Waals surface area (Å²) in [5.74, 6) is -0.645. The molecular weight excluding hydrogens is 279 g/mol. The van der Waals surface area contributed by atoms with Gasteiger partial charge in [-0.3, -0.25) is 0 Å². The quantitative estimate of drug-likeness (QED) is 0.671. The van der Waals surface area contributed by atoms with E-state index in [-0.39, 0.29) is 23.2 Å². The Bertz CT molecular complexity index is 575. The van der Waals surface area contributed by atoms with E-state index in [4.69, 9.17) is 5.73 Å². The van der Waals surface area contributed by atoms with E-state index in [0.717, 1.165) is 37.8 Å². The molecule has 0 atom stereocenters. The molecule has 1 saturated carbocycles.